The molecule has 1 N–H and O–H groups in total. The second-order valence-electron chi connectivity index (χ2n) is 15.2. The number of thiazole rings is 1. The fourth-order valence-corrected chi connectivity index (χ4v) is 9.77. The van der Waals surface area contributed by atoms with E-state index in [9.17, 15) is 9.59 Å². The summed E-state index contributed by atoms with van der Waals surface area (Å²) in [5.41, 5.74) is 3.94. The number of amides is 2. The van der Waals surface area contributed by atoms with Crippen LogP contribution in [0.2, 0.25) is 0 Å². The number of pyridine rings is 1. The summed E-state index contributed by atoms with van der Waals surface area (Å²) in [5, 5.41) is 4.11. The summed E-state index contributed by atoms with van der Waals surface area (Å²) < 4.78 is 16.8. The predicted octanol–water partition coefficient (Wildman–Crippen LogP) is 8.17. The maximum atomic E-state index is 14.6. The number of methoxy groups -OCH3 is 1. The van der Waals surface area contributed by atoms with Gasteiger partial charge in [-0.15, -0.1) is 11.3 Å². The van der Waals surface area contributed by atoms with Crippen LogP contribution in [0.3, 0.4) is 0 Å². The molecular weight excluding hydrogens is 649 g/mol. The van der Waals surface area contributed by atoms with Crippen molar-refractivity contribution in [2.24, 2.45) is 11.3 Å². The van der Waals surface area contributed by atoms with Crippen LogP contribution in [0.4, 0.5) is 10.6 Å². The number of benzene rings is 1. The average molecular weight is 701 g/mol. The van der Waals surface area contributed by atoms with Crippen LogP contribution in [0.25, 0.3) is 10.4 Å². The molecule has 1 aliphatic heterocycles. The Labute approximate surface area is 300 Å². The summed E-state index contributed by atoms with van der Waals surface area (Å²) in [6, 6.07) is 11.0. The number of fused-ring (bicyclic) bond motifs is 3. The van der Waals surface area contributed by atoms with E-state index in [0.29, 0.717) is 45.4 Å². The van der Waals surface area contributed by atoms with Crippen LogP contribution in [0.1, 0.15) is 100 Å². The van der Waals surface area contributed by atoms with E-state index in [-0.39, 0.29) is 40.9 Å². The van der Waals surface area contributed by atoms with Crippen molar-refractivity contribution in [2.75, 3.05) is 31.8 Å². The second-order valence-corrected chi connectivity index (χ2v) is 16.3. The van der Waals surface area contributed by atoms with Crippen molar-refractivity contribution in [3.8, 4) is 16.2 Å². The third-order valence-corrected chi connectivity index (χ3v) is 13.4. The Balaban J connectivity index is 1.07. The van der Waals surface area contributed by atoms with Gasteiger partial charge in [0.25, 0.3) is 0 Å². The van der Waals surface area contributed by atoms with Crippen LogP contribution in [0.15, 0.2) is 42.7 Å². The van der Waals surface area contributed by atoms with Gasteiger partial charge in [0.15, 0.2) is 0 Å². The van der Waals surface area contributed by atoms with Gasteiger partial charge in [-0.1, -0.05) is 19.1 Å². The number of hydrogen-bond acceptors (Lipinski definition) is 8. The SMILES string of the molecule is CCc1ncc(-c2ccnc(N(CC34CCC(c5ccc(OC)c(C)c5)(CC3)CC4)C(=O)C3CCC(OC(=O)NC4CCOCC4)CC3)c2)s1. The first-order valence-electron chi connectivity index (χ1n) is 18.7. The largest absolute Gasteiger partial charge is 0.496 e. The number of nitrogens with zero attached hydrogens (tertiary/aromatic N) is 3. The van der Waals surface area contributed by atoms with E-state index in [1.54, 1.807) is 18.4 Å². The normalized spacial score (nSPS) is 26.7. The molecule has 2 aromatic heterocycles. The van der Waals surface area contributed by atoms with E-state index in [1.807, 2.05) is 23.4 Å². The summed E-state index contributed by atoms with van der Waals surface area (Å²) in [6.45, 7) is 6.28. The van der Waals surface area contributed by atoms with E-state index < -0.39 is 0 Å². The van der Waals surface area contributed by atoms with E-state index in [2.05, 4.69) is 48.4 Å². The molecule has 2 bridgehead atoms. The molecule has 5 fully saturated rings. The highest BCUT2D eigenvalue weighted by molar-refractivity contribution is 7.15. The van der Waals surface area contributed by atoms with E-state index >= 15 is 0 Å². The van der Waals surface area contributed by atoms with Gasteiger partial charge in [0.1, 0.15) is 17.7 Å². The number of alkyl carbamates (subject to hydrolysis) is 1. The number of carbonyl (C=O) groups excluding carboxylic acids is 2. The highest BCUT2D eigenvalue weighted by atomic mass is 32.1. The van der Waals surface area contributed by atoms with Gasteiger partial charge in [-0.3, -0.25) is 9.69 Å². The number of aromatic nitrogens is 2. The lowest BCUT2D eigenvalue weighted by atomic mass is 9.51. The van der Waals surface area contributed by atoms with Crippen molar-refractivity contribution >= 4 is 29.2 Å². The second kappa shape index (κ2) is 15.0. The minimum absolute atomic E-state index is 0.0685. The van der Waals surface area contributed by atoms with Gasteiger partial charge in [-0.2, -0.15) is 0 Å². The maximum Gasteiger partial charge on any atom is 0.407 e. The Hall–Kier alpha value is -3.50. The minimum Gasteiger partial charge on any atom is -0.496 e. The molecule has 268 valence electrons. The maximum absolute atomic E-state index is 14.6. The summed E-state index contributed by atoms with van der Waals surface area (Å²) in [7, 11) is 1.74. The first-order chi connectivity index (χ1) is 24.3. The van der Waals surface area contributed by atoms with Gasteiger partial charge in [-0.05, 0) is 136 Å². The summed E-state index contributed by atoms with van der Waals surface area (Å²) in [6.07, 6.45) is 15.3. The van der Waals surface area contributed by atoms with Crippen molar-refractivity contribution in [2.45, 2.75) is 115 Å². The highest BCUT2D eigenvalue weighted by Crippen LogP contribution is 2.58. The topological polar surface area (TPSA) is 103 Å². The molecule has 3 heterocycles. The van der Waals surface area contributed by atoms with Crippen LogP contribution >= 0.6 is 11.3 Å². The molecule has 50 heavy (non-hydrogen) atoms. The van der Waals surface area contributed by atoms with E-state index in [1.165, 1.54) is 11.1 Å². The first-order valence-corrected chi connectivity index (χ1v) is 19.5. The molecule has 1 aromatic carbocycles. The summed E-state index contributed by atoms with van der Waals surface area (Å²) in [4.78, 5) is 39.9. The molecule has 5 aliphatic rings. The Morgan fingerprint density at radius 1 is 0.980 bits per heavy atom. The van der Waals surface area contributed by atoms with Gasteiger partial charge >= 0.3 is 6.09 Å². The Kier molecular flexibility index (Phi) is 10.5. The lowest BCUT2D eigenvalue weighted by Crippen LogP contribution is -2.52. The number of anilines is 1. The molecule has 8 rings (SSSR count). The molecule has 9 nitrogen and oxygen atoms in total. The molecule has 0 spiro atoms. The number of hydrogen-bond donors (Lipinski definition) is 1. The van der Waals surface area contributed by atoms with Crippen molar-refractivity contribution in [1.29, 1.82) is 0 Å². The quantitative estimate of drug-likeness (QED) is 0.228. The zero-order chi connectivity index (χ0) is 34.7. The van der Waals surface area contributed by atoms with Gasteiger partial charge in [0.2, 0.25) is 5.91 Å². The van der Waals surface area contributed by atoms with Crippen molar-refractivity contribution < 1.29 is 23.8 Å². The van der Waals surface area contributed by atoms with Crippen molar-refractivity contribution in [3.05, 3.63) is 58.9 Å². The Morgan fingerprint density at radius 3 is 2.38 bits per heavy atom. The first kappa shape index (κ1) is 34.9. The lowest BCUT2D eigenvalue weighted by Gasteiger charge is -2.55. The number of nitrogens with one attached hydrogen (secondary N) is 1. The molecule has 0 atom stereocenters. The number of ether oxygens (including phenoxy) is 3. The van der Waals surface area contributed by atoms with Crippen LogP contribution in [-0.4, -0.2) is 61.0 Å². The zero-order valence-electron chi connectivity index (χ0n) is 29.9. The summed E-state index contributed by atoms with van der Waals surface area (Å²) >= 11 is 1.70. The standard InChI is InChI=1S/C40H52N4O5S/c1-4-36-42-25-34(50-36)29-11-20-41-35(24-29)44(37(45)28-5-8-32(9-6-28)49-38(46)43-31-12-21-48-22-13-31)26-39-14-17-40(18-15-39,19-16-39)30-7-10-33(47-3)27(2)23-30/h7,10-11,20,23-25,28,31-32H,4-6,8-9,12-19,21-22,26H2,1-3H3,(H,43,46). The smallest absolute Gasteiger partial charge is 0.407 e. The highest BCUT2D eigenvalue weighted by Gasteiger charge is 2.51. The molecule has 3 aromatic rings. The van der Waals surface area contributed by atoms with Gasteiger partial charge in [0.05, 0.1) is 17.0 Å². The third-order valence-electron chi connectivity index (χ3n) is 12.2. The van der Waals surface area contributed by atoms with Crippen LogP contribution in [-0.2, 0) is 26.1 Å². The molecule has 4 aliphatic carbocycles. The molecule has 2 amide bonds. The molecule has 4 saturated carbocycles. The van der Waals surface area contributed by atoms with Crippen LogP contribution in [0, 0.1) is 18.3 Å². The molecule has 1 saturated heterocycles. The van der Waals surface area contributed by atoms with Gasteiger partial charge in [-0.25, -0.2) is 14.8 Å². The molecule has 0 unspecified atom stereocenters. The Morgan fingerprint density at radius 2 is 1.72 bits per heavy atom. The van der Waals surface area contributed by atoms with Crippen LogP contribution < -0.4 is 15.0 Å². The van der Waals surface area contributed by atoms with E-state index in [0.717, 1.165) is 84.8 Å². The molecule has 10 heteroatoms. The average Bonchev–Trinajstić information content (AvgIpc) is 3.65. The minimum atomic E-state index is -0.349. The lowest BCUT2D eigenvalue weighted by molar-refractivity contribution is -0.124. The zero-order valence-corrected chi connectivity index (χ0v) is 30.7. The van der Waals surface area contributed by atoms with Crippen LogP contribution in [0.5, 0.6) is 5.75 Å². The number of aryl methyl sites for hydroxylation is 2. The molecule has 0 radical (unpaired) electrons. The monoisotopic (exact) mass is 700 g/mol. The van der Waals surface area contributed by atoms with E-state index in [4.69, 9.17) is 19.2 Å². The summed E-state index contributed by atoms with van der Waals surface area (Å²) in [5.74, 6) is 1.70. The third kappa shape index (κ3) is 7.42. The van der Waals surface area contributed by atoms with Crippen molar-refractivity contribution in [1.82, 2.24) is 15.3 Å². The predicted molar refractivity (Wildman–Crippen MR) is 196 cm³/mol. The fraction of sp³-hybridized carbons (Fsp3) is 0.600. The number of rotatable bonds is 10. The number of carbonyl (C=O) groups is 2. The fourth-order valence-electron chi connectivity index (χ4n) is 8.92. The van der Waals surface area contributed by atoms with Gasteiger partial charge < -0.3 is 19.5 Å². The van der Waals surface area contributed by atoms with Gasteiger partial charge in [0, 0.05) is 44.1 Å². The molecular formula is C40H52N4O5S. The Bertz CT molecular complexity index is 1640. The van der Waals surface area contributed by atoms with Crippen molar-refractivity contribution in [3.63, 3.8) is 0 Å².